The average Bonchev–Trinajstić information content (AvgIpc) is 3.24. The Balaban J connectivity index is 2.26. The summed E-state index contributed by atoms with van der Waals surface area (Å²) in [5, 5.41) is 39.9. The van der Waals surface area contributed by atoms with E-state index in [2.05, 4.69) is 13.8 Å². The second-order valence-corrected chi connectivity index (χ2v) is 18.0. The molecule has 1 fully saturated rings. The summed E-state index contributed by atoms with van der Waals surface area (Å²) in [4.78, 5) is 36.9. The third-order valence-corrected chi connectivity index (χ3v) is 12.2. The molecule has 1 rings (SSSR count). The van der Waals surface area contributed by atoms with Crippen LogP contribution in [0.15, 0.2) is 0 Å². The highest BCUT2D eigenvalue weighted by atomic mass is 16.7. The number of aliphatic hydroxyl groups excluding tert-OH is 3. The molecule has 0 aromatic carbocycles. The zero-order valence-electron chi connectivity index (χ0n) is 39.2. The third-order valence-electron chi connectivity index (χ3n) is 12.2. The Morgan fingerprint density at radius 3 is 1.11 bits per heavy atom. The van der Waals surface area contributed by atoms with Crippen molar-refractivity contribution in [2.75, 3.05) is 13.2 Å². The number of carboxylic acids is 1. The van der Waals surface area contributed by atoms with E-state index in [4.69, 9.17) is 18.9 Å². The van der Waals surface area contributed by atoms with Gasteiger partial charge in [-0.1, -0.05) is 226 Å². The first-order valence-corrected chi connectivity index (χ1v) is 25.6. The maximum absolute atomic E-state index is 12.8. The second kappa shape index (κ2) is 40.9. The Morgan fingerprint density at radius 2 is 0.770 bits per heavy atom. The highest BCUT2D eigenvalue weighted by Crippen LogP contribution is 2.23. The van der Waals surface area contributed by atoms with E-state index in [1.54, 1.807) is 0 Å². The molecule has 0 aromatic rings. The topological polar surface area (TPSA) is 169 Å². The summed E-state index contributed by atoms with van der Waals surface area (Å²) in [5.74, 6) is -2.42. The monoisotopic (exact) mass is 871 g/mol. The van der Waals surface area contributed by atoms with Gasteiger partial charge in [0.25, 0.3) is 0 Å². The first-order valence-electron chi connectivity index (χ1n) is 25.6. The molecule has 0 aliphatic carbocycles. The van der Waals surface area contributed by atoms with Crippen LogP contribution in [0.4, 0.5) is 0 Å². The largest absolute Gasteiger partial charge is 0.479 e. The summed E-state index contributed by atoms with van der Waals surface area (Å²) in [6.07, 6.45) is 34.4. The van der Waals surface area contributed by atoms with Gasteiger partial charge in [-0.2, -0.15) is 0 Å². The fourth-order valence-corrected chi connectivity index (χ4v) is 8.18. The predicted octanol–water partition coefficient (Wildman–Crippen LogP) is 11.8. The normalized spacial score (nSPS) is 19.5. The van der Waals surface area contributed by atoms with Crippen molar-refractivity contribution in [3.63, 3.8) is 0 Å². The van der Waals surface area contributed by atoms with Crippen LogP contribution in [0.5, 0.6) is 0 Å². The number of ether oxygens (including phenoxy) is 4. The van der Waals surface area contributed by atoms with Gasteiger partial charge in [-0.3, -0.25) is 9.59 Å². The summed E-state index contributed by atoms with van der Waals surface area (Å²) in [6.45, 7) is 3.86. The highest BCUT2D eigenvalue weighted by Gasteiger charge is 2.47. The van der Waals surface area contributed by atoms with Gasteiger partial charge in [0.1, 0.15) is 24.9 Å². The minimum absolute atomic E-state index is 0.191. The summed E-state index contributed by atoms with van der Waals surface area (Å²) in [6, 6.07) is 0. The smallest absolute Gasteiger partial charge is 0.335 e. The SMILES string of the molecule is CCCCCCCCCCCCCCCCCCCCCCCC(=O)OCC(COC1OC(C(=O)O)C(O)C(O)C1O)OC(=O)CCCCCCCCCCCCCCCC. The molecule has 61 heavy (non-hydrogen) atoms. The number of carboxylic acid groups (broad SMARTS) is 1. The van der Waals surface area contributed by atoms with Gasteiger partial charge in [-0.15, -0.1) is 0 Å². The first-order chi connectivity index (χ1) is 29.7. The Kier molecular flexibility index (Phi) is 38.4. The maximum Gasteiger partial charge on any atom is 0.335 e. The van der Waals surface area contributed by atoms with Gasteiger partial charge in [-0.25, -0.2) is 4.79 Å². The molecule has 4 N–H and O–H groups in total. The Morgan fingerprint density at radius 1 is 0.443 bits per heavy atom. The van der Waals surface area contributed by atoms with Crippen molar-refractivity contribution in [3.05, 3.63) is 0 Å². The zero-order chi connectivity index (χ0) is 44.6. The van der Waals surface area contributed by atoms with E-state index >= 15 is 0 Å². The zero-order valence-corrected chi connectivity index (χ0v) is 39.2. The van der Waals surface area contributed by atoms with Crippen molar-refractivity contribution in [3.8, 4) is 0 Å². The first kappa shape index (κ1) is 57.2. The van der Waals surface area contributed by atoms with E-state index in [0.29, 0.717) is 12.8 Å². The van der Waals surface area contributed by atoms with Crippen molar-refractivity contribution in [2.45, 2.75) is 288 Å². The predicted molar refractivity (Wildman–Crippen MR) is 243 cm³/mol. The minimum atomic E-state index is -1.86. The van der Waals surface area contributed by atoms with Crippen molar-refractivity contribution in [1.82, 2.24) is 0 Å². The number of carbonyl (C=O) groups is 3. The van der Waals surface area contributed by atoms with Crippen LogP contribution in [0.2, 0.25) is 0 Å². The molecule has 6 atom stereocenters. The second-order valence-electron chi connectivity index (χ2n) is 18.0. The molecule has 1 heterocycles. The molecule has 0 spiro atoms. The van der Waals surface area contributed by atoms with Crippen LogP contribution >= 0.6 is 0 Å². The van der Waals surface area contributed by atoms with E-state index < -0.39 is 54.7 Å². The third kappa shape index (κ3) is 32.5. The van der Waals surface area contributed by atoms with Gasteiger partial charge >= 0.3 is 17.9 Å². The van der Waals surface area contributed by atoms with Crippen LogP contribution in [0, 0.1) is 0 Å². The lowest BCUT2D eigenvalue weighted by Gasteiger charge is -2.38. The van der Waals surface area contributed by atoms with Crippen molar-refractivity contribution < 1.29 is 53.8 Å². The molecule has 0 amide bonds. The van der Waals surface area contributed by atoms with Crippen LogP contribution < -0.4 is 0 Å². The molecule has 11 nitrogen and oxygen atoms in total. The van der Waals surface area contributed by atoms with Gasteiger partial charge in [0.05, 0.1) is 6.61 Å². The quantitative estimate of drug-likeness (QED) is 0.0339. The molecule has 1 aliphatic heterocycles. The van der Waals surface area contributed by atoms with Crippen molar-refractivity contribution >= 4 is 17.9 Å². The van der Waals surface area contributed by atoms with Crippen LogP contribution in [0.1, 0.15) is 251 Å². The van der Waals surface area contributed by atoms with Gasteiger partial charge in [-0.05, 0) is 12.8 Å². The van der Waals surface area contributed by atoms with E-state index in [1.807, 2.05) is 0 Å². The number of carbonyl (C=O) groups excluding carboxylic acids is 2. The van der Waals surface area contributed by atoms with E-state index in [0.717, 1.165) is 38.5 Å². The van der Waals surface area contributed by atoms with E-state index in [9.17, 15) is 34.8 Å². The molecule has 1 saturated heterocycles. The Labute approximate surface area is 372 Å². The number of esters is 2. The van der Waals surface area contributed by atoms with Crippen LogP contribution in [0.25, 0.3) is 0 Å². The summed E-state index contributed by atoms with van der Waals surface area (Å²) < 4.78 is 21.8. The number of unbranched alkanes of at least 4 members (excludes halogenated alkanes) is 33. The van der Waals surface area contributed by atoms with Gasteiger partial charge in [0, 0.05) is 12.8 Å². The molecule has 11 heteroatoms. The molecule has 0 aromatic heterocycles. The lowest BCUT2D eigenvalue weighted by atomic mass is 9.99. The van der Waals surface area contributed by atoms with Crippen LogP contribution in [-0.4, -0.2) is 88.4 Å². The van der Waals surface area contributed by atoms with Gasteiger partial charge < -0.3 is 39.4 Å². The van der Waals surface area contributed by atoms with E-state index in [1.165, 1.54) is 173 Å². The summed E-state index contributed by atoms with van der Waals surface area (Å²) in [7, 11) is 0. The summed E-state index contributed by atoms with van der Waals surface area (Å²) in [5.41, 5.74) is 0. The lowest BCUT2D eigenvalue weighted by Crippen LogP contribution is -2.60. The molecular weight excluding hydrogens is 777 g/mol. The molecule has 0 saturated carbocycles. The number of aliphatic carboxylic acids is 1. The van der Waals surface area contributed by atoms with E-state index in [-0.39, 0.29) is 26.1 Å². The maximum atomic E-state index is 12.8. The van der Waals surface area contributed by atoms with Gasteiger partial charge in [0.15, 0.2) is 18.5 Å². The van der Waals surface area contributed by atoms with Crippen molar-refractivity contribution in [2.24, 2.45) is 0 Å². The molecule has 0 bridgehead atoms. The Hall–Kier alpha value is -1.79. The molecule has 6 unspecified atom stereocenters. The number of rotatable bonds is 44. The molecule has 360 valence electrons. The molecular formula is C50H94O11. The number of hydrogen-bond acceptors (Lipinski definition) is 10. The van der Waals surface area contributed by atoms with Crippen LogP contribution in [-0.2, 0) is 33.3 Å². The Bertz CT molecular complexity index is 1030. The summed E-state index contributed by atoms with van der Waals surface area (Å²) >= 11 is 0. The minimum Gasteiger partial charge on any atom is -0.479 e. The highest BCUT2D eigenvalue weighted by molar-refractivity contribution is 5.73. The lowest BCUT2D eigenvalue weighted by molar-refractivity contribution is -0.298. The fourth-order valence-electron chi connectivity index (χ4n) is 8.18. The standard InChI is InChI=1S/C50H94O11/c1-3-5-7-9-11-13-15-17-19-20-21-22-23-24-25-27-28-30-32-34-36-38-43(51)58-40-42(41-59-50-47(55)45(53)46(54)48(61-50)49(56)57)60-44(52)39-37-35-33-31-29-26-18-16-14-12-10-8-6-4-2/h42,45-48,50,53-55H,3-41H2,1-2H3,(H,56,57). The van der Waals surface area contributed by atoms with Gasteiger partial charge in [0.2, 0.25) is 0 Å². The average molecular weight is 871 g/mol. The van der Waals surface area contributed by atoms with Crippen molar-refractivity contribution in [1.29, 1.82) is 0 Å². The van der Waals surface area contributed by atoms with Crippen LogP contribution in [0.3, 0.4) is 0 Å². The molecule has 0 radical (unpaired) electrons. The number of aliphatic hydroxyl groups is 3. The number of hydrogen-bond donors (Lipinski definition) is 4. The fraction of sp³-hybridized carbons (Fsp3) is 0.940. The molecule has 1 aliphatic rings.